The second-order valence-corrected chi connectivity index (χ2v) is 6.19. The highest BCUT2D eigenvalue weighted by Crippen LogP contribution is 2.16. The monoisotopic (exact) mass is 379 g/mol. The molecule has 140 valence electrons. The summed E-state index contributed by atoms with van der Waals surface area (Å²) in [6, 6.07) is 3.23. The molecule has 2 rings (SSSR count). The first-order valence-corrected chi connectivity index (χ1v) is 9.13. The Balaban J connectivity index is 1.96. The first-order chi connectivity index (χ1) is 12.5. The number of aromatic nitrogens is 2. The Kier molecular flexibility index (Phi) is 7.34. The van der Waals surface area contributed by atoms with Gasteiger partial charge < -0.3 is 19.4 Å². The summed E-state index contributed by atoms with van der Waals surface area (Å²) in [7, 11) is 0. The smallest absolute Gasteiger partial charge is 0.311 e. The van der Waals surface area contributed by atoms with Crippen molar-refractivity contribution in [2.75, 3.05) is 18.5 Å². The molecule has 8 nitrogen and oxygen atoms in total. The largest absolute Gasteiger partial charge is 0.488 e. The van der Waals surface area contributed by atoms with Crippen LogP contribution in [0.5, 0.6) is 5.75 Å². The average Bonchev–Trinajstić information content (AvgIpc) is 3.02. The molecule has 0 spiro atoms. The van der Waals surface area contributed by atoms with E-state index in [-0.39, 0.29) is 30.2 Å². The van der Waals surface area contributed by atoms with E-state index >= 15 is 0 Å². The molecule has 9 heteroatoms. The van der Waals surface area contributed by atoms with Gasteiger partial charge in [-0.05, 0) is 25.5 Å². The van der Waals surface area contributed by atoms with E-state index in [2.05, 4.69) is 10.3 Å². The first-order valence-electron chi connectivity index (χ1n) is 8.25. The molecule has 1 N–H and O–H groups in total. The minimum Gasteiger partial charge on any atom is -0.488 e. The number of carbonyl (C=O) groups excluding carboxylic acids is 2. The number of rotatable bonds is 9. The van der Waals surface area contributed by atoms with Gasteiger partial charge in [0.05, 0.1) is 25.3 Å². The lowest BCUT2D eigenvalue weighted by Crippen LogP contribution is -2.28. The standard InChI is InChI=1S/C17H21N3O5S/c1-3-8-25-13-6-5-7-20(16(13)23)10-14(21)19-17-18-12(11-26-17)9-15(22)24-4-2/h5-7,11H,3-4,8-10H2,1-2H3,(H,18,19,21). The van der Waals surface area contributed by atoms with Crippen LogP contribution in [0.3, 0.4) is 0 Å². The summed E-state index contributed by atoms with van der Waals surface area (Å²) in [6.07, 6.45) is 2.36. The highest BCUT2D eigenvalue weighted by Gasteiger charge is 2.12. The van der Waals surface area contributed by atoms with Crippen molar-refractivity contribution in [1.82, 2.24) is 9.55 Å². The molecular weight excluding hydrogens is 358 g/mol. The van der Waals surface area contributed by atoms with Crippen molar-refractivity contribution < 1.29 is 19.1 Å². The summed E-state index contributed by atoms with van der Waals surface area (Å²) in [6.45, 7) is 4.26. The maximum atomic E-state index is 12.2. The van der Waals surface area contributed by atoms with Crippen LogP contribution < -0.4 is 15.6 Å². The Bertz CT molecular complexity index is 815. The SMILES string of the molecule is CCCOc1cccn(CC(=O)Nc2nc(CC(=O)OCC)cs2)c1=O. The van der Waals surface area contributed by atoms with Gasteiger partial charge in [-0.1, -0.05) is 6.92 Å². The van der Waals surface area contributed by atoms with Crippen LogP contribution in [0.25, 0.3) is 0 Å². The van der Waals surface area contributed by atoms with E-state index in [4.69, 9.17) is 9.47 Å². The summed E-state index contributed by atoms with van der Waals surface area (Å²) in [4.78, 5) is 40.0. The van der Waals surface area contributed by atoms with Gasteiger partial charge in [0.1, 0.15) is 6.54 Å². The number of esters is 1. The van der Waals surface area contributed by atoms with Crippen LogP contribution in [0.4, 0.5) is 5.13 Å². The quantitative estimate of drug-likeness (QED) is 0.668. The van der Waals surface area contributed by atoms with Crippen LogP contribution in [-0.4, -0.2) is 34.6 Å². The van der Waals surface area contributed by atoms with Gasteiger partial charge in [-0.25, -0.2) is 4.98 Å². The third-order valence-corrected chi connectivity index (χ3v) is 4.00. The third kappa shape index (κ3) is 5.69. The zero-order valence-corrected chi connectivity index (χ0v) is 15.5. The number of hydrogen-bond acceptors (Lipinski definition) is 7. The van der Waals surface area contributed by atoms with E-state index in [0.717, 1.165) is 6.42 Å². The van der Waals surface area contributed by atoms with Crippen molar-refractivity contribution in [2.45, 2.75) is 33.2 Å². The van der Waals surface area contributed by atoms with Crippen molar-refractivity contribution >= 4 is 28.3 Å². The van der Waals surface area contributed by atoms with Crippen LogP contribution in [0, 0.1) is 0 Å². The summed E-state index contributed by atoms with van der Waals surface area (Å²) >= 11 is 1.20. The third-order valence-electron chi connectivity index (χ3n) is 3.19. The number of nitrogens with one attached hydrogen (secondary N) is 1. The van der Waals surface area contributed by atoms with Gasteiger partial charge in [0, 0.05) is 11.6 Å². The summed E-state index contributed by atoms with van der Waals surface area (Å²) < 4.78 is 11.5. The molecule has 26 heavy (non-hydrogen) atoms. The molecule has 0 aliphatic heterocycles. The molecule has 0 fully saturated rings. The number of anilines is 1. The molecule has 1 amide bonds. The molecule has 0 aliphatic carbocycles. The summed E-state index contributed by atoms with van der Waals surface area (Å²) in [5.41, 5.74) is 0.161. The van der Waals surface area contributed by atoms with Gasteiger partial charge >= 0.3 is 5.97 Å². The van der Waals surface area contributed by atoms with Crippen LogP contribution in [-0.2, 0) is 27.3 Å². The van der Waals surface area contributed by atoms with Gasteiger partial charge in [0.25, 0.3) is 5.56 Å². The Morgan fingerprint density at radius 1 is 1.35 bits per heavy atom. The number of pyridine rings is 1. The van der Waals surface area contributed by atoms with Crippen LogP contribution in [0.15, 0.2) is 28.5 Å². The molecule has 0 atom stereocenters. The highest BCUT2D eigenvalue weighted by molar-refractivity contribution is 7.13. The van der Waals surface area contributed by atoms with Gasteiger partial charge in [-0.15, -0.1) is 11.3 Å². The molecule has 0 unspecified atom stereocenters. The topological polar surface area (TPSA) is 99.5 Å². The molecule has 0 bridgehead atoms. The Labute approximate surface area is 154 Å². The normalized spacial score (nSPS) is 10.4. The van der Waals surface area contributed by atoms with E-state index in [9.17, 15) is 14.4 Å². The molecule has 0 saturated heterocycles. The van der Waals surface area contributed by atoms with Crippen molar-refractivity contribution in [2.24, 2.45) is 0 Å². The molecule has 2 heterocycles. The highest BCUT2D eigenvalue weighted by atomic mass is 32.1. The van der Waals surface area contributed by atoms with Gasteiger partial charge in [0.15, 0.2) is 10.9 Å². The number of thiazole rings is 1. The molecule has 2 aromatic heterocycles. The summed E-state index contributed by atoms with van der Waals surface area (Å²) in [5, 5.41) is 4.66. The predicted octanol–water partition coefficient (Wildman–Crippen LogP) is 1.84. The second kappa shape index (κ2) is 9.71. The van der Waals surface area contributed by atoms with Crippen molar-refractivity contribution in [3.63, 3.8) is 0 Å². The van der Waals surface area contributed by atoms with E-state index in [0.29, 0.717) is 24.0 Å². The lowest BCUT2D eigenvalue weighted by Gasteiger charge is -2.08. The van der Waals surface area contributed by atoms with Gasteiger partial charge in [-0.3, -0.25) is 14.4 Å². The fraction of sp³-hybridized carbons (Fsp3) is 0.412. The predicted molar refractivity (Wildman–Crippen MR) is 97.6 cm³/mol. The average molecular weight is 379 g/mol. The Morgan fingerprint density at radius 2 is 2.15 bits per heavy atom. The van der Waals surface area contributed by atoms with Crippen molar-refractivity contribution in [3.05, 3.63) is 39.8 Å². The fourth-order valence-corrected chi connectivity index (χ4v) is 2.81. The van der Waals surface area contributed by atoms with E-state index < -0.39 is 5.91 Å². The van der Waals surface area contributed by atoms with Gasteiger partial charge in [-0.2, -0.15) is 0 Å². The lowest BCUT2D eigenvalue weighted by molar-refractivity contribution is -0.142. The zero-order valence-electron chi connectivity index (χ0n) is 14.7. The molecular formula is C17H21N3O5S. The molecule has 0 aliphatic rings. The minimum atomic E-state index is -0.392. The maximum absolute atomic E-state index is 12.2. The van der Waals surface area contributed by atoms with Crippen LogP contribution in [0.1, 0.15) is 26.0 Å². The number of amides is 1. The van der Waals surface area contributed by atoms with E-state index in [1.165, 1.54) is 22.1 Å². The zero-order chi connectivity index (χ0) is 18.9. The van der Waals surface area contributed by atoms with Crippen LogP contribution in [0.2, 0.25) is 0 Å². The number of hydrogen-bond donors (Lipinski definition) is 1. The maximum Gasteiger partial charge on any atom is 0.311 e. The van der Waals surface area contributed by atoms with E-state index in [1.807, 2.05) is 6.92 Å². The Morgan fingerprint density at radius 3 is 2.88 bits per heavy atom. The minimum absolute atomic E-state index is 0.0521. The molecule has 0 saturated carbocycles. The number of carbonyl (C=O) groups is 2. The van der Waals surface area contributed by atoms with E-state index in [1.54, 1.807) is 24.4 Å². The Hall–Kier alpha value is -2.68. The van der Waals surface area contributed by atoms with Crippen molar-refractivity contribution in [3.8, 4) is 5.75 Å². The fourth-order valence-electron chi connectivity index (χ4n) is 2.08. The number of ether oxygens (including phenoxy) is 2. The molecule has 0 radical (unpaired) electrons. The van der Waals surface area contributed by atoms with Crippen molar-refractivity contribution in [1.29, 1.82) is 0 Å². The van der Waals surface area contributed by atoms with Crippen LogP contribution >= 0.6 is 11.3 Å². The second-order valence-electron chi connectivity index (χ2n) is 5.33. The number of nitrogens with zero attached hydrogens (tertiary/aromatic N) is 2. The molecule has 0 aromatic carbocycles. The first kappa shape index (κ1) is 19.6. The van der Waals surface area contributed by atoms with Gasteiger partial charge in [0.2, 0.25) is 5.91 Å². The lowest BCUT2D eigenvalue weighted by atomic mass is 10.3. The molecule has 2 aromatic rings. The summed E-state index contributed by atoms with van der Waals surface area (Å²) in [5.74, 6) is -0.545.